The second kappa shape index (κ2) is 6.84. The number of carbonyl (C=O) groups excluding carboxylic acids is 1. The zero-order chi connectivity index (χ0) is 18.1. The molecule has 0 aliphatic carbocycles. The molecule has 1 aliphatic heterocycles. The topological polar surface area (TPSA) is 95.0 Å². The van der Waals surface area contributed by atoms with Gasteiger partial charge in [-0.15, -0.1) is 0 Å². The molecule has 134 valence electrons. The third-order valence-corrected chi connectivity index (χ3v) is 4.96. The normalized spacial score (nSPS) is 17.6. The van der Waals surface area contributed by atoms with Crippen molar-refractivity contribution in [3.8, 4) is 0 Å². The first-order valence-corrected chi connectivity index (χ1v) is 8.83. The van der Waals surface area contributed by atoms with Crippen LogP contribution in [0.5, 0.6) is 0 Å². The summed E-state index contributed by atoms with van der Waals surface area (Å²) in [5.74, 6) is 0.712. The van der Waals surface area contributed by atoms with Crippen molar-refractivity contribution in [2.45, 2.75) is 32.3 Å². The van der Waals surface area contributed by atoms with E-state index >= 15 is 0 Å². The van der Waals surface area contributed by atoms with Crippen molar-refractivity contribution in [3.63, 3.8) is 0 Å². The highest BCUT2D eigenvalue weighted by Crippen LogP contribution is 2.29. The molecule has 0 spiro atoms. The van der Waals surface area contributed by atoms with E-state index < -0.39 is 0 Å². The number of aliphatic hydroxyl groups is 1. The van der Waals surface area contributed by atoms with Crippen LogP contribution in [0.3, 0.4) is 0 Å². The third kappa shape index (κ3) is 2.94. The van der Waals surface area contributed by atoms with Crippen LogP contribution in [0.2, 0.25) is 0 Å². The van der Waals surface area contributed by atoms with Crippen LogP contribution >= 0.6 is 0 Å². The molecular weight excluding hydrogens is 330 g/mol. The van der Waals surface area contributed by atoms with E-state index in [0.717, 1.165) is 35.0 Å². The molecule has 2 N–H and O–H groups in total. The Hall–Kier alpha value is -2.80. The van der Waals surface area contributed by atoms with Crippen molar-refractivity contribution in [1.29, 1.82) is 0 Å². The Bertz CT molecular complexity index is 952. The monoisotopic (exact) mass is 351 g/mol. The van der Waals surface area contributed by atoms with Gasteiger partial charge in [-0.05, 0) is 25.8 Å². The number of aryl methyl sites for hydroxylation is 1. The highest BCUT2D eigenvalue weighted by molar-refractivity contribution is 6.04. The van der Waals surface area contributed by atoms with E-state index in [1.54, 1.807) is 6.20 Å². The largest absolute Gasteiger partial charge is 0.392 e. The smallest absolute Gasteiger partial charge is 0.275 e. The third-order valence-electron chi connectivity index (χ3n) is 4.96. The average Bonchev–Trinajstić information content (AvgIpc) is 3.11. The van der Waals surface area contributed by atoms with Gasteiger partial charge in [0, 0.05) is 36.2 Å². The summed E-state index contributed by atoms with van der Waals surface area (Å²) in [5, 5.41) is 17.6. The Morgan fingerprint density at radius 2 is 2.23 bits per heavy atom. The van der Waals surface area contributed by atoms with E-state index in [1.807, 2.05) is 36.1 Å². The summed E-state index contributed by atoms with van der Waals surface area (Å²) in [5.41, 5.74) is 2.91. The van der Waals surface area contributed by atoms with Crippen LogP contribution in [0.15, 0.2) is 30.5 Å². The van der Waals surface area contributed by atoms with Crippen LogP contribution in [0.1, 0.15) is 46.3 Å². The number of H-pyrrole nitrogens is 1. The minimum Gasteiger partial charge on any atom is -0.392 e. The first-order chi connectivity index (χ1) is 12.7. The van der Waals surface area contributed by atoms with Crippen molar-refractivity contribution in [1.82, 2.24) is 25.1 Å². The molecule has 4 rings (SSSR count). The molecule has 1 atom stereocenters. The number of hydrogen-bond acceptors (Lipinski definition) is 5. The number of aliphatic hydroxyl groups excluding tert-OH is 1. The zero-order valence-electron chi connectivity index (χ0n) is 14.6. The van der Waals surface area contributed by atoms with Crippen LogP contribution in [0.4, 0.5) is 0 Å². The number of benzene rings is 1. The maximum atomic E-state index is 13.0. The van der Waals surface area contributed by atoms with Crippen LogP contribution in [0, 0.1) is 6.92 Å². The lowest BCUT2D eigenvalue weighted by Crippen LogP contribution is -2.39. The van der Waals surface area contributed by atoms with Gasteiger partial charge in [0.15, 0.2) is 5.69 Å². The molecule has 7 nitrogen and oxygen atoms in total. The molecule has 2 aromatic heterocycles. The molecule has 0 radical (unpaired) electrons. The molecule has 3 aromatic rings. The first-order valence-electron chi connectivity index (χ1n) is 8.83. The molecule has 1 amide bonds. The number of carbonyl (C=O) groups is 1. The highest BCUT2D eigenvalue weighted by Gasteiger charge is 2.29. The van der Waals surface area contributed by atoms with Crippen LogP contribution in [-0.4, -0.2) is 49.2 Å². The van der Waals surface area contributed by atoms with Crippen LogP contribution < -0.4 is 0 Å². The Morgan fingerprint density at radius 1 is 1.38 bits per heavy atom. The zero-order valence-corrected chi connectivity index (χ0v) is 14.6. The fraction of sp³-hybridized carbons (Fsp3) is 0.368. The standard InChI is InChI=1S/C19H21N5O2/c1-12-20-9-14(11-25)17(21-12)13-5-4-8-24(10-13)19(26)18-15-6-2-3-7-16(15)22-23-18/h2-3,6-7,9,13,25H,4-5,8,10-11H2,1H3,(H,22,23). The van der Waals surface area contributed by atoms with Crippen molar-refractivity contribution in [2.24, 2.45) is 0 Å². The molecular formula is C19H21N5O2. The van der Waals surface area contributed by atoms with Crippen LogP contribution in [0.25, 0.3) is 10.9 Å². The lowest BCUT2D eigenvalue weighted by atomic mass is 9.92. The molecule has 1 saturated heterocycles. The van der Waals surface area contributed by atoms with Crippen molar-refractivity contribution in [2.75, 3.05) is 13.1 Å². The second-order valence-corrected chi connectivity index (χ2v) is 6.69. The van der Waals surface area contributed by atoms with E-state index in [0.29, 0.717) is 24.6 Å². The van der Waals surface area contributed by atoms with E-state index in [4.69, 9.17) is 0 Å². The maximum absolute atomic E-state index is 13.0. The average molecular weight is 351 g/mol. The van der Waals surface area contributed by atoms with Gasteiger partial charge in [0.1, 0.15) is 5.82 Å². The summed E-state index contributed by atoms with van der Waals surface area (Å²) >= 11 is 0. The van der Waals surface area contributed by atoms with E-state index in [9.17, 15) is 9.90 Å². The molecule has 3 heterocycles. The number of para-hydroxylation sites is 1. The molecule has 0 saturated carbocycles. The predicted octanol–water partition coefficient (Wildman–Crippen LogP) is 2.17. The van der Waals surface area contributed by atoms with E-state index in [2.05, 4.69) is 20.2 Å². The summed E-state index contributed by atoms with van der Waals surface area (Å²) in [6.07, 6.45) is 3.51. The number of likely N-dealkylation sites (tertiary alicyclic amines) is 1. The Kier molecular flexibility index (Phi) is 4.38. The Morgan fingerprint density at radius 3 is 3.08 bits per heavy atom. The quantitative estimate of drug-likeness (QED) is 0.754. The van der Waals surface area contributed by atoms with Crippen molar-refractivity contribution in [3.05, 3.63) is 53.2 Å². The molecule has 7 heteroatoms. The lowest BCUT2D eigenvalue weighted by Gasteiger charge is -2.32. The highest BCUT2D eigenvalue weighted by atomic mass is 16.3. The van der Waals surface area contributed by atoms with Gasteiger partial charge in [-0.3, -0.25) is 9.89 Å². The Labute approximate surface area is 151 Å². The fourth-order valence-electron chi connectivity index (χ4n) is 3.65. The molecule has 26 heavy (non-hydrogen) atoms. The van der Waals surface area contributed by atoms with Crippen molar-refractivity contribution >= 4 is 16.8 Å². The summed E-state index contributed by atoms with van der Waals surface area (Å²) in [4.78, 5) is 23.6. The van der Waals surface area contributed by atoms with Gasteiger partial charge < -0.3 is 10.0 Å². The molecule has 1 fully saturated rings. The number of fused-ring (bicyclic) bond motifs is 1. The number of aromatic nitrogens is 4. The first kappa shape index (κ1) is 16.7. The minimum absolute atomic E-state index is 0.0662. The number of piperidine rings is 1. The van der Waals surface area contributed by atoms with Gasteiger partial charge >= 0.3 is 0 Å². The van der Waals surface area contributed by atoms with E-state index in [1.165, 1.54) is 0 Å². The van der Waals surface area contributed by atoms with Gasteiger partial charge in [0.25, 0.3) is 5.91 Å². The summed E-state index contributed by atoms with van der Waals surface area (Å²) in [6, 6.07) is 7.64. The number of amides is 1. The van der Waals surface area contributed by atoms with Crippen LogP contribution in [-0.2, 0) is 6.61 Å². The van der Waals surface area contributed by atoms with Gasteiger partial charge in [0.05, 0.1) is 17.8 Å². The van der Waals surface area contributed by atoms with Gasteiger partial charge in [0.2, 0.25) is 0 Å². The number of aromatic amines is 1. The Balaban J connectivity index is 1.61. The summed E-state index contributed by atoms with van der Waals surface area (Å²) < 4.78 is 0. The summed E-state index contributed by atoms with van der Waals surface area (Å²) in [7, 11) is 0. The molecule has 1 aliphatic rings. The second-order valence-electron chi connectivity index (χ2n) is 6.69. The van der Waals surface area contributed by atoms with Gasteiger partial charge in [-0.1, -0.05) is 18.2 Å². The number of hydrogen-bond donors (Lipinski definition) is 2. The molecule has 1 unspecified atom stereocenters. The molecule has 1 aromatic carbocycles. The number of nitrogens with one attached hydrogen (secondary N) is 1. The lowest BCUT2D eigenvalue weighted by molar-refractivity contribution is 0.0701. The fourth-order valence-corrected chi connectivity index (χ4v) is 3.65. The number of nitrogens with zero attached hydrogens (tertiary/aromatic N) is 4. The maximum Gasteiger partial charge on any atom is 0.275 e. The predicted molar refractivity (Wildman–Crippen MR) is 96.7 cm³/mol. The SMILES string of the molecule is Cc1ncc(CO)c(C2CCCN(C(=O)c3n[nH]c4ccccc34)C2)n1. The summed E-state index contributed by atoms with van der Waals surface area (Å²) in [6.45, 7) is 3.02. The minimum atomic E-state index is -0.0932. The molecule has 0 bridgehead atoms. The van der Waals surface area contributed by atoms with E-state index in [-0.39, 0.29) is 18.4 Å². The van der Waals surface area contributed by atoms with Gasteiger partial charge in [-0.2, -0.15) is 5.10 Å². The number of rotatable bonds is 3. The van der Waals surface area contributed by atoms with Gasteiger partial charge in [-0.25, -0.2) is 9.97 Å². The van der Waals surface area contributed by atoms with Crippen molar-refractivity contribution < 1.29 is 9.90 Å².